The standard InChI is InChI=1S/C4H5ClN4/c1-2-3(5)8-9-4(6)7-2/h1H3,(H2,6,7,9). The molecule has 0 saturated heterocycles. The van der Waals surface area contributed by atoms with Gasteiger partial charge in [-0.25, -0.2) is 4.98 Å². The van der Waals surface area contributed by atoms with Gasteiger partial charge in [0.15, 0.2) is 5.15 Å². The Labute approximate surface area is 57.1 Å². The van der Waals surface area contributed by atoms with E-state index in [1.54, 1.807) is 6.92 Å². The predicted octanol–water partition coefficient (Wildman–Crippen LogP) is 0.416. The molecule has 0 aliphatic rings. The second-order valence-electron chi connectivity index (χ2n) is 1.55. The molecule has 0 fully saturated rings. The molecule has 1 heterocycles. The van der Waals surface area contributed by atoms with Crippen molar-refractivity contribution in [1.29, 1.82) is 0 Å². The maximum atomic E-state index is 5.49. The monoisotopic (exact) mass is 144 g/mol. The van der Waals surface area contributed by atoms with Crippen molar-refractivity contribution in [2.24, 2.45) is 0 Å². The molecule has 0 spiro atoms. The van der Waals surface area contributed by atoms with E-state index >= 15 is 0 Å². The highest BCUT2D eigenvalue weighted by Gasteiger charge is 1.96. The fourth-order valence-electron chi connectivity index (χ4n) is 0.408. The Morgan fingerprint density at radius 2 is 2.11 bits per heavy atom. The third kappa shape index (κ3) is 1.26. The van der Waals surface area contributed by atoms with Crippen LogP contribution in [0.25, 0.3) is 0 Å². The van der Waals surface area contributed by atoms with Crippen molar-refractivity contribution < 1.29 is 0 Å². The molecule has 0 amide bonds. The molecule has 2 N–H and O–H groups in total. The van der Waals surface area contributed by atoms with Gasteiger partial charge in [0.2, 0.25) is 5.95 Å². The number of rotatable bonds is 0. The number of nitrogens with zero attached hydrogens (tertiary/aromatic N) is 3. The van der Waals surface area contributed by atoms with Crippen LogP contribution in [0.3, 0.4) is 0 Å². The summed E-state index contributed by atoms with van der Waals surface area (Å²) in [5.74, 6) is 0.150. The van der Waals surface area contributed by atoms with E-state index in [0.29, 0.717) is 10.8 Å². The van der Waals surface area contributed by atoms with Gasteiger partial charge < -0.3 is 5.73 Å². The quantitative estimate of drug-likeness (QED) is 0.573. The van der Waals surface area contributed by atoms with Crippen molar-refractivity contribution in [1.82, 2.24) is 15.2 Å². The van der Waals surface area contributed by atoms with Crippen LogP contribution < -0.4 is 5.73 Å². The molecule has 0 unspecified atom stereocenters. The summed E-state index contributed by atoms with van der Waals surface area (Å²) in [4.78, 5) is 3.75. The van der Waals surface area contributed by atoms with Gasteiger partial charge in [0, 0.05) is 0 Å². The number of anilines is 1. The van der Waals surface area contributed by atoms with Crippen molar-refractivity contribution in [3.63, 3.8) is 0 Å². The molecule has 0 aromatic carbocycles. The van der Waals surface area contributed by atoms with Gasteiger partial charge in [-0.3, -0.25) is 0 Å². The molecule has 1 aromatic heterocycles. The lowest BCUT2D eigenvalue weighted by Gasteiger charge is -1.92. The Hall–Kier alpha value is -0.900. The molecule has 0 bridgehead atoms. The van der Waals surface area contributed by atoms with E-state index in [1.807, 2.05) is 0 Å². The van der Waals surface area contributed by atoms with Crippen LogP contribution in [0.5, 0.6) is 0 Å². The fraction of sp³-hybridized carbons (Fsp3) is 0.250. The Balaban J connectivity index is 3.17. The van der Waals surface area contributed by atoms with Gasteiger partial charge >= 0.3 is 0 Å². The highest BCUT2D eigenvalue weighted by Crippen LogP contribution is 2.06. The van der Waals surface area contributed by atoms with E-state index in [1.165, 1.54) is 0 Å². The average Bonchev–Trinajstić information content (AvgIpc) is 1.80. The molecular formula is C4H5ClN4. The maximum absolute atomic E-state index is 5.49. The van der Waals surface area contributed by atoms with Gasteiger partial charge in [0.25, 0.3) is 0 Å². The van der Waals surface area contributed by atoms with E-state index < -0.39 is 0 Å². The van der Waals surface area contributed by atoms with Crippen LogP contribution in [-0.2, 0) is 0 Å². The fourth-order valence-corrected chi connectivity index (χ4v) is 0.488. The van der Waals surface area contributed by atoms with Crippen LogP contribution >= 0.6 is 11.6 Å². The summed E-state index contributed by atoms with van der Waals surface area (Å²) in [6, 6.07) is 0. The molecule has 9 heavy (non-hydrogen) atoms. The zero-order valence-electron chi connectivity index (χ0n) is 4.80. The van der Waals surface area contributed by atoms with E-state index in [-0.39, 0.29) is 5.95 Å². The second-order valence-corrected chi connectivity index (χ2v) is 1.90. The summed E-state index contributed by atoms with van der Waals surface area (Å²) in [5.41, 5.74) is 5.79. The van der Waals surface area contributed by atoms with Crippen LogP contribution in [0.1, 0.15) is 5.69 Å². The summed E-state index contributed by atoms with van der Waals surface area (Å²) in [5, 5.41) is 7.23. The molecule has 0 aliphatic carbocycles. The first-order valence-corrected chi connectivity index (χ1v) is 2.70. The Morgan fingerprint density at radius 1 is 1.44 bits per heavy atom. The minimum Gasteiger partial charge on any atom is -0.366 e. The van der Waals surface area contributed by atoms with Crippen molar-refractivity contribution in [3.8, 4) is 0 Å². The third-order valence-corrected chi connectivity index (χ3v) is 1.17. The summed E-state index contributed by atoms with van der Waals surface area (Å²) >= 11 is 5.49. The van der Waals surface area contributed by atoms with E-state index in [4.69, 9.17) is 17.3 Å². The van der Waals surface area contributed by atoms with Crippen molar-refractivity contribution in [2.45, 2.75) is 6.92 Å². The molecule has 1 aromatic rings. The molecule has 0 radical (unpaired) electrons. The topological polar surface area (TPSA) is 64.7 Å². The van der Waals surface area contributed by atoms with E-state index in [2.05, 4.69) is 15.2 Å². The van der Waals surface area contributed by atoms with E-state index in [9.17, 15) is 0 Å². The first-order chi connectivity index (χ1) is 4.20. The lowest BCUT2D eigenvalue weighted by atomic mass is 10.5. The van der Waals surface area contributed by atoms with E-state index in [0.717, 1.165) is 0 Å². The smallest absolute Gasteiger partial charge is 0.240 e. The molecule has 48 valence electrons. The average molecular weight is 145 g/mol. The summed E-state index contributed by atoms with van der Waals surface area (Å²) in [6.45, 7) is 1.72. The second kappa shape index (κ2) is 2.14. The van der Waals surface area contributed by atoms with Crippen LogP contribution in [-0.4, -0.2) is 15.2 Å². The van der Waals surface area contributed by atoms with Gasteiger partial charge in [-0.1, -0.05) is 11.6 Å². The molecule has 0 saturated carbocycles. The Bertz CT molecular complexity index is 224. The number of nitrogens with two attached hydrogens (primary N) is 1. The number of nitrogen functional groups attached to an aromatic ring is 1. The van der Waals surface area contributed by atoms with Crippen LogP contribution in [0.2, 0.25) is 5.15 Å². The van der Waals surface area contributed by atoms with Gasteiger partial charge in [-0.15, -0.1) is 10.2 Å². The van der Waals surface area contributed by atoms with Gasteiger partial charge in [-0.2, -0.15) is 0 Å². The normalized spacial score (nSPS) is 9.56. The Morgan fingerprint density at radius 3 is 2.56 bits per heavy atom. The number of aryl methyl sites for hydroxylation is 1. The highest BCUT2D eigenvalue weighted by molar-refractivity contribution is 6.29. The SMILES string of the molecule is Cc1nc(N)nnc1Cl. The zero-order valence-corrected chi connectivity index (χ0v) is 5.55. The Kier molecular flexibility index (Phi) is 1.48. The summed E-state index contributed by atoms with van der Waals surface area (Å²) < 4.78 is 0. The molecular weight excluding hydrogens is 140 g/mol. The van der Waals surface area contributed by atoms with Crippen LogP contribution in [0.15, 0.2) is 0 Å². The zero-order chi connectivity index (χ0) is 6.85. The molecule has 1 rings (SSSR count). The predicted molar refractivity (Wildman–Crippen MR) is 34.0 cm³/mol. The van der Waals surface area contributed by atoms with Crippen LogP contribution in [0, 0.1) is 6.92 Å². The largest absolute Gasteiger partial charge is 0.366 e. The molecule has 0 atom stereocenters. The first kappa shape index (κ1) is 6.22. The minimum atomic E-state index is 0.150. The summed E-state index contributed by atoms with van der Waals surface area (Å²) in [7, 11) is 0. The molecule has 4 nitrogen and oxygen atoms in total. The summed E-state index contributed by atoms with van der Waals surface area (Å²) in [6.07, 6.45) is 0. The third-order valence-electron chi connectivity index (χ3n) is 0.821. The number of hydrogen-bond acceptors (Lipinski definition) is 4. The van der Waals surface area contributed by atoms with Crippen LogP contribution in [0.4, 0.5) is 5.95 Å². The van der Waals surface area contributed by atoms with Crippen molar-refractivity contribution in [2.75, 3.05) is 5.73 Å². The molecule has 5 heteroatoms. The first-order valence-electron chi connectivity index (χ1n) is 2.32. The van der Waals surface area contributed by atoms with Gasteiger partial charge in [-0.05, 0) is 6.92 Å². The molecule has 0 aliphatic heterocycles. The minimum absolute atomic E-state index is 0.150. The van der Waals surface area contributed by atoms with Gasteiger partial charge in [0.1, 0.15) is 0 Å². The number of hydrogen-bond donors (Lipinski definition) is 1. The number of halogens is 1. The number of aromatic nitrogens is 3. The lowest BCUT2D eigenvalue weighted by molar-refractivity contribution is 0.956. The lowest BCUT2D eigenvalue weighted by Crippen LogP contribution is -1.99. The van der Waals surface area contributed by atoms with Crippen molar-refractivity contribution in [3.05, 3.63) is 10.8 Å². The van der Waals surface area contributed by atoms with Crippen molar-refractivity contribution >= 4 is 17.5 Å². The van der Waals surface area contributed by atoms with Gasteiger partial charge in [0.05, 0.1) is 5.69 Å². The maximum Gasteiger partial charge on any atom is 0.240 e. The highest BCUT2D eigenvalue weighted by atomic mass is 35.5.